The maximum absolute atomic E-state index is 11.8. The standard InChI is InChI=1S/C12H14ClNO6S/c1-2-20-11(15)5-6-21(18,19)14-8-3-4-9(12(16)17)10(13)7-8/h3-4,7,14H,2,5-6H2,1H3,(H,16,17). The molecule has 2 N–H and O–H groups in total. The highest BCUT2D eigenvalue weighted by atomic mass is 35.5. The van der Waals surface area contributed by atoms with Crippen molar-refractivity contribution in [3.8, 4) is 0 Å². The number of carbonyl (C=O) groups excluding carboxylic acids is 1. The van der Waals surface area contributed by atoms with Gasteiger partial charge in [-0.3, -0.25) is 9.52 Å². The van der Waals surface area contributed by atoms with Gasteiger partial charge in [0.25, 0.3) is 0 Å². The van der Waals surface area contributed by atoms with Crippen LogP contribution >= 0.6 is 11.6 Å². The molecule has 0 radical (unpaired) electrons. The Hall–Kier alpha value is -1.80. The lowest BCUT2D eigenvalue weighted by Gasteiger charge is -2.09. The number of carbonyl (C=O) groups is 2. The Morgan fingerprint density at radius 2 is 2.05 bits per heavy atom. The molecule has 9 heteroatoms. The molecule has 0 fully saturated rings. The van der Waals surface area contributed by atoms with Crippen LogP contribution in [0.1, 0.15) is 23.7 Å². The molecule has 0 amide bonds. The average molecular weight is 336 g/mol. The first-order valence-corrected chi connectivity index (χ1v) is 7.97. The third-order valence-corrected chi connectivity index (χ3v) is 3.95. The van der Waals surface area contributed by atoms with Crippen LogP contribution in [0.25, 0.3) is 0 Å². The highest BCUT2D eigenvalue weighted by Crippen LogP contribution is 2.21. The summed E-state index contributed by atoms with van der Waals surface area (Å²) in [6, 6.07) is 3.65. The molecule has 0 atom stereocenters. The Labute approximate surface area is 126 Å². The predicted octanol–water partition coefficient (Wildman–Crippen LogP) is 1.73. The Kier molecular flexibility index (Phi) is 5.98. The number of rotatable bonds is 7. The molecule has 0 saturated heterocycles. The molecule has 0 aliphatic carbocycles. The quantitative estimate of drug-likeness (QED) is 0.734. The normalized spacial score (nSPS) is 11.0. The van der Waals surface area contributed by atoms with E-state index in [0.29, 0.717) is 0 Å². The molecule has 0 aliphatic heterocycles. The van der Waals surface area contributed by atoms with E-state index in [2.05, 4.69) is 9.46 Å². The summed E-state index contributed by atoms with van der Waals surface area (Å²) in [4.78, 5) is 21.9. The Morgan fingerprint density at radius 3 is 2.57 bits per heavy atom. The monoisotopic (exact) mass is 335 g/mol. The van der Waals surface area contributed by atoms with Crippen LogP contribution in [-0.4, -0.2) is 37.8 Å². The van der Waals surface area contributed by atoms with Crippen LogP contribution < -0.4 is 4.72 Å². The number of hydrogen-bond donors (Lipinski definition) is 2. The number of benzene rings is 1. The molecule has 0 bridgehead atoms. The number of carboxylic acids is 1. The van der Waals surface area contributed by atoms with Crippen LogP contribution in [0.5, 0.6) is 0 Å². The van der Waals surface area contributed by atoms with E-state index >= 15 is 0 Å². The van der Waals surface area contributed by atoms with Crippen LogP contribution in [0.3, 0.4) is 0 Å². The van der Waals surface area contributed by atoms with Gasteiger partial charge in [-0.25, -0.2) is 13.2 Å². The van der Waals surface area contributed by atoms with Crippen LogP contribution in [0, 0.1) is 0 Å². The van der Waals surface area contributed by atoms with Crippen molar-refractivity contribution in [2.24, 2.45) is 0 Å². The third kappa shape index (κ3) is 5.60. The Balaban J connectivity index is 2.73. The van der Waals surface area contributed by atoms with Crippen LogP contribution in [0.4, 0.5) is 5.69 Å². The minimum atomic E-state index is -3.75. The van der Waals surface area contributed by atoms with Gasteiger partial charge in [0, 0.05) is 5.69 Å². The fraction of sp³-hybridized carbons (Fsp3) is 0.333. The molecule has 0 heterocycles. The fourth-order valence-corrected chi connectivity index (χ4v) is 2.72. The molecule has 0 aromatic heterocycles. The Morgan fingerprint density at radius 1 is 1.38 bits per heavy atom. The zero-order valence-electron chi connectivity index (χ0n) is 11.1. The molecular formula is C12H14ClNO6S. The lowest BCUT2D eigenvalue weighted by Crippen LogP contribution is -2.20. The number of aromatic carboxylic acids is 1. The number of sulfonamides is 1. The maximum atomic E-state index is 11.8. The summed E-state index contributed by atoms with van der Waals surface area (Å²) in [5, 5.41) is 8.72. The highest BCUT2D eigenvalue weighted by molar-refractivity contribution is 7.92. The van der Waals surface area contributed by atoms with E-state index in [9.17, 15) is 18.0 Å². The van der Waals surface area contributed by atoms with E-state index in [-0.39, 0.29) is 29.3 Å². The molecule has 21 heavy (non-hydrogen) atoms. The van der Waals surface area contributed by atoms with Gasteiger partial charge >= 0.3 is 11.9 Å². The lowest BCUT2D eigenvalue weighted by molar-refractivity contribution is -0.142. The predicted molar refractivity (Wildman–Crippen MR) is 77.1 cm³/mol. The van der Waals surface area contributed by atoms with Crippen molar-refractivity contribution in [2.45, 2.75) is 13.3 Å². The van der Waals surface area contributed by atoms with Gasteiger partial charge in [-0.05, 0) is 25.1 Å². The van der Waals surface area contributed by atoms with Gasteiger partial charge in [0.15, 0.2) is 0 Å². The summed E-state index contributed by atoms with van der Waals surface area (Å²) in [7, 11) is -3.75. The number of ether oxygens (including phenoxy) is 1. The van der Waals surface area contributed by atoms with Crippen LogP contribution in [0.2, 0.25) is 5.02 Å². The molecule has 1 aromatic rings. The van der Waals surface area contributed by atoms with E-state index in [0.717, 1.165) is 0 Å². The van der Waals surface area contributed by atoms with Gasteiger partial charge in [-0.1, -0.05) is 11.6 Å². The van der Waals surface area contributed by atoms with Gasteiger partial charge in [0.1, 0.15) is 0 Å². The van der Waals surface area contributed by atoms with E-state index in [1.807, 2.05) is 0 Å². The summed E-state index contributed by atoms with van der Waals surface area (Å²) < 4.78 is 30.4. The summed E-state index contributed by atoms with van der Waals surface area (Å²) in [6.45, 7) is 1.80. The van der Waals surface area contributed by atoms with Gasteiger partial charge < -0.3 is 9.84 Å². The molecule has 1 rings (SSSR count). The van der Waals surface area contributed by atoms with Crippen molar-refractivity contribution in [2.75, 3.05) is 17.1 Å². The van der Waals surface area contributed by atoms with Crippen molar-refractivity contribution >= 4 is 39.3 Å². The van der Waals surface area contributed by atoms with Gasteiger partial charge in [-0.15, -0.1) is 0 Å². The second-order valence-corrected chi connectivity index (χ2v) is 6.22. The van der Waals surface area contributed by atoms with Crippen LogP contribution in [0.15, 0.2) is 18.2 Å². The van der Waals surface area contributed by atoms with Gasteiger partial charge in [-0.2, -0.15) is 0 Å². The van der Waals surface area contributed by atoms with Crippen molar-refractivity contribution < 1.29 is 27.9 Å². The van der Waals surface area contributed by atoms with E-state index in [1.54, 1.807) is 6.92 Å². The molecule has 7 nitrogen and oxygen atoms in total. The first-order valence-electron chi connectivity index (χ1n) is 5.94. The number of carboxylic acid groups (broad SMARTS) is 1. The molecule has 0 aliphatic rings. The zero-order chi connectivity index (χ0) is 16.0. The zero-order valence-corrected chi connectivity index (χ0v) is 12.7. The smallest absolute Gasteiger partial charge is 0.337 e. The van der Waals surface area contributed by atoms with Crippen molar-refractivity contribution in [3.05, 3.63) is 28.8 Å². The first kappa shape index (κ1) is 17.3. The number of nitrogens with one attached hydrogen (secondary N) is 1. The average Bonchev–Trinajstić information content (AvgIpc) is 2.36. The summed E-state index contributed by atoms with van der Waals surface area (Å²) >= 11 is 5.73. The number of esters is 1. The molecule has 0 saturated carbocycles. The van der Waals surface area contributed by atoms with E-state index < -0.39 is 27.7 Å². The minimum absolute atomic E-state index is 0.0897. The molecule has 1 aromatic carbocycles. The summed E-state index contributed by atoms with van der Waals surface area (Å²) in [5.41, 5.74) is -0.0139. The Bertz CT molecular complexity index is 643. The third-order valence-electron chi connectivity index (χ3n) is 2.35. The fourth-order valence-electron chi connectivity index (χ4n) is 1.43. The van der Waals surface area contributed by atoms with Crippen LogP contribution in [-0.2, 0) is 19.6 Å². The second-order valence-electron chi connectivity index (χ2n) is 3.98. The molecular weight excluding hydrogens is 322 g/mol. The molecule has 0 spiro atoms. The van der Waals surface area contributed by atoms with Crippen molar-refractivity contribution in [1.82, 2.24) is 0 Å². The SMILES string of the molecule is CCOC(=O)CCS(=O)(=O)Nc1ccc(C(=O)O)c(Cl)c1. The number of halogens is 1. The van der Waals surface area contributed by atoms with Crippen molar-refractivity contribution in [1.29, 1.82) is 0 Å². The van der Waals surface area contributed by atoms with Gasteiger partial charge in [0.2, 0.25) is 10.0 Å². The highest BCUT2D eigenvalue weighted by Gasteiger charge is 2.15. The van der Waals surface area contributed by atoms with E-state index in [1.165, 1.54) is 18.2 Å². The number of anilines is 1. The van der Waals surface area contributed by atoms with E-state index in [4.69, 9.17) is 16.7 Å². The summed E-state index contributed by atoms with van der Waals surface area (Å²) in [6.07, 6.45) is -0.274. The minimum Gasteiger partial charge on any atom is -0.478 e. The second kappa shape index (κ2) is 7.28. The largest absolute Gasteiger partial charge is 0.478 e. The molecule has 116 valence electrons. The topological polar surface area (TPSA) is 110 Å². The van der Waals surface area contributed by atoms with Crippen molar-refractivity contribution in [3.63, 3.8) is 0 Å². The van der Waals surface area contributed by atoms with Gasteiger partial charge in [0.05, 0.1) is 29.4 Å². The summed E-state index contributed by atoms with van der Waals surface area (Å²) in [5.74, 6) is -2.26. The molecule has 0 unspecified atom stereocenters. The lowest BCUT2D eigenvalue weighted by atomic mass is 10.2. The number of hydrogen-bond acceptors (Lipinski definition) is 5. The maximum Gasteiger partial charge on any atom is 0.337 e. The first-order chi connectivity index (χ1) is 9.75.